The minimum Gasteiger partial charge on any atom is -0.459 e. The molecule has 11 nitrogen and oxygen atoms in total. The van der Waals surface area contributed by atoms with Gasteiger partial charge in [0.2, 0.25) is 6.29 Å². The number of ether oxygens (including phenoxy) is 3. The summed E-state index contributed by atoms with van der Waals surface area (Å²) in [5, 5.41) is 25.4. The number of sulfone groups is 1. The molecule has 0 aromatic heterocycles. The summed E-state index contributed by atoms with van der Waals surface area (Å²) in [7, 11) is -2.90. The van der Waals surface area contributed by atoms with E-state index in [0.717, 1.165) is 37.1 Å². The molecule has 13 atom stereocenters. The highest BCUT2D eigenvalue weighted by atomic mass is 32.2. The summed E-state index contributed by atoms with van der Waals surface area (Å²) in [6, 6.07) is 16.7. The van der Waals surface area contributed by atoms with E-state index >= 15 is 0 Å². The summed E-state index contributed by atoms with van der Waals surface area (Å²) in [4.78, 5) is 28.8. The van der Waals surface area contributed by atoms with Gasteiger partial charge >= 0.3 is 11.9 Å². The predicted octanol–water partition coefficient (Wildman–Crippen LogP) is 8.54. The Bertz CT molecular complexity index is 2370. The Kier molecular flexibility index (Phi) is 13.1. The molecule has 5 aliphatic carbocycles. The Hall–Kier alpha value is -3.39. The zero-order valence-electron chi connectivity index (χ0n) is 41.7. The van der Waals surface area contributed by atoms with Crippen LogP contribution in [0.4, 0.5) is 0 Å². The summed E-state index contributed by atoms with van der Waals surface area (Å²) in [6.07, 6.45) is 7.26. The molecule has 7 aliphatic rings. The monoisotopic (exact) mass is 955 g/mol. The third kappa shape index (κ3) is 8.26. The first kappa shape index (κ1) is 49.6. The molecular formula is C56H78N2O9S. The molecule has 6 fully saturated rings. The van der Waals surface area contributed by atoms with Gasteiger partial charge in [-0.05, 0) is 144 Å². The summed E-state index contributed by atoms with van der Waals surface area (Å²) >= 11 is 0. The highest BCUT2D eigenvalue weighted by molar-refractivity contribution is 7.91. The standard InChI is InChI=1S/C56H78N2O9S/c1-36(2)40-18-25-56(57-28-29-58-30-32-68(63,64)33-31-58)27-26-55(8)53(6)23-20-43-51(3,4)41(19-22-52(43,5)44(53)21-24-54(55,7)48(40)56)38-14-16-39(17-15-38)49(61)67-45-34-42(59)46(60)47(66-45)50(62)65-35-37-12-10-9-11-13-37/h9-17,19,40,42-48,57,59-60H,1,18,20-35H2,2-8H3/t40-,42+,43?,44?,45-,46-,47-,48?,52-,53+,54+,55-,56-/m0/s1. The van der Waals surface area contributed by atoms with Crippen molar-refractivity contribution in [2.24, 2.45) is 50.7 Å². The summed E-state index contributed by atoms with van der Waals surface area (Å²) in [5.41, 5.74) is 5.36. The zero-order valence-corrected chi connectivity index (χ0v) is 42.5. The Morgan fingerprint density at radius 2 is 1.54 bits per heavy atom. The molecule has 2 heterocycles. The van der Waals surface area contributed by atoms with Crippen LogP contribution in [0.5, 0.6) is 0 Å². The number of hydrogen-bond acceptors (Lipinski definition) is 11. The van der Waals surface area contributed by atoms with Crippen molar-refractivity contribution < 1.29 is 42.4 Å². The van der Waals surface area contributed by atoms with Gasteiger partial charge in [-0.15, -0.1) is 0 Å². The number of rotatable bonds is 11. The molecule has 2 aromatic carbocycles. The van der Waals surface area contributed by atoms with Gasteiger partial charge < -0.3 is 34.6 Å². The van der Waals surface area contributed by atoms with Crippen molar-refractivity contribution in [3.05, 3.63) is 89.5 Å². The first-order valence-electron chi connectivity index (χ1n) is 25.6. The molecule has 372 valence electrons. The second kappa shape index (κ2) is 18.0. The van der Waals surface area contributed by atoms with Crippen molar-refractivity contribution in [2.75, 3.05) is 37.7 Å². The van der Waals surface area contributed by atoms with Gasteiger partial charge in [0, 0.05) is 38.1 Å². The molecule has 0 spiro atoms. The average molecular weight is 955 g/mol. The lowest BCUT2D eigenvalue weighted by molar-refractivity contribution is -0.256. The molecule has 3 N–H and O–H groups in total. The van der Waals surface area contributed by atoms with E-state index in [1.807, 2.05) is 42.5 Å². The van der Waals surface area contributed by atoms with Crippen LogP contribution in [0.2, 0.25) is 0 Å². The van der Waals surface area contributed by atoms with E-state index in [1.54, 1.807) is 12.1 Å². The van der Waals surface area contributed by atoms with E-state index in [0.29, 0.717) is 42.3 Å². The highest BCUT2D eigenvalue weighted by Gasteiger charge is 2.74. The van der Waals surface area contributed by atoms with Crippen LogP contribution in [0.1, 0.15) is 134 Å². The van der Waals surface area contributed by atoms with Gasteiger partial charge in [-0.25, -0.2) is 18.0 Å². The molecule has 2 aromatic rings. The minimum absolute atomic E-state index is 0.0254. The molecule has 0 amide bonds. The van der Waals surface area contributed by atoms with Crippen LogP contribution < -0.4 is 5.32 Å². The fraction of sp³-hybridized carbons (Fsp3) is 0.679. The first-order valence-corrected chi connectivity index (χ1v) is 27.5. The van der Waals surface area contributed by atoms with Crippen LogP contribution in [0.25, 0.3) is 5.57 Å². The second-order valence-electron chi connectivity index (χ2n) is 23.8. The van der Waals surface area contributed by atoms with Crippen LogP contribution in [-0.2, 0) is 35.4 Å². The predicted molar refractivity (Wildman–Crippen MR) is 264 cm³/mol. The summed E-state index contributed by atoms with van der Waals surface area (Å²) in [6.45, 7) is 25.5. The maximum absolute atomic E-state index is 13.5. The van der Waals surface area contributed by atoms with Crippen molar-refractivity contribution in [3.8, 4) is 0 Å². The fourth-order valence-electron chi connectivity index (χ4n) is 16.5. The van der Waals surface area contributed by atoms with E-state index in [-0.39, 0.29) is 57.1 Å². The van der Waals surface area contributed by atoms with Crippen LogP contribution >= 0.6 is 0 Å². The van der Waals surface area contributed by atoms with Crippen molar-refractivity contribution >= 4 is 27.3 Å². The van der Waals surface area contributed by atoms with E-state index in [1.165, 1.54) is 56.1 Å². The molecule has 3 unspecified atom stereocenters. The van der Waals surface area contributed by atoms with Crippen LogP contribution in [0.3, 0.4) is 0 Å². The Balaban J connectivity index is 0.887. The SMILES string of the molecule is C=C(C)[C@@H]1CC[C@]2(NCCN3CCS(=O)(=O)CC3)CC[C@]3(C)[C@](C)(CCC4[C@@]5(C)CC=C(c6ccc(C(=O)O[C@H]7C[C@@H](O)[C@H](O)[C@@H](C(=O)OCc8ccccc8)O7)cc6)C(C)(C)C5CC[C@]43C)C12. The highest BCUT2D eigenvalue weighted by Crippen LogP contribution is 2.80. The van der Waals surface area contributed by atoms with Gasteiger partial charge in [-0.2, -0.15) is 0 Å². The minimum atomic E-state index is -2.90. The number of fused-ring (bicyclic) bond motifs is 7. The number of benzene rings is 2. The van der Waals surface area contributed by atoms with Crippen molar-refractivity contribution in [2.45, 2.75) is 149 Å². The summed E-state index contributed by atoms with van der Waals surface area (Å²) in [5.74, 6) is 1.10. The Morgan fingerprint density at radius 1 is 0.868 bits per heavy atom. The lowest BCUT2D eigenvalue weighted by atomic mass is 9.29. The fourth-order valence-corrected chi connectivity index (χ4v) is 17.8. The van der Waals surface area contributed by atoms with E-state index in [9.17, 15) is 28.2 Å². The lowest BCUT2D eigenvalue weighted by Gasteiger charge is -2.75. The van der Waals surface area contributed by atoms with E-state index < -0.39 is 46.4 Å². The molecular weight excluding hydrogens is 877 g/mol. The average Bonchev–Trinajstić information content (AvgIpc) is 3.70. The maximum atomic E-state index is 13.5. The number of esters is 2. The van der Waals surface area contributed by atoms with E-state index in [2.05, 4.69) is 71.3 Å². The third-order valence-corrected chi connectivity index (χ3v) is 21.9. The van der Waals surface area contributed by atoms with Crippen molar-refractivity contribution in [1.82, 2.24) is 10.2 Å². The van der Waals surface area contributed by atoms with Crippen molar-refractivity contribution in [3.63, 3.8) is 0 Å². The molecule has 0 radical (unpaired) electrons. The first-order chi connectivity index (χ1) is 32.1. The number of nitrogens with zero attached hydrogens (tertiary/aromatic N) is 1. The van der Waals surface area contributed by atoms with E-state index in [4.69, 9.17) is 14.2 Å². The van der Waals surface area contributed by atoms with Gasteiger partial charge in [-0.1, -0.05) is 102 Å². The number of hydrogen-bond donors (Lipinski definition) is 3. The van der Waals surface area contributed by atoms with Gasteiger partial charge in [0.25, 0.3) is 0 Å². The van der Waals surface area contributed by atoms with Crippen molar-refractivity contribution in [1.29, 1.82) is 0 Å². The van der Waals surface area contributed by atoms with Crippen LogP contribution in [0.15, 0.2) is 72.8 Å². The number of aliphatic hydroxyl groups is 2. The molecule has 68 heavy (non-hydrogen) atoms. The van der Waals surface area contributed by atoms with Gasteiger partial charge in [0.05, 0.1) is 23.2 Å². The lowest BCUT2D eigenvalue weighted by Crippen LogP contribution is -2.71. The molecule has 9 rings (SSSR count). The molecule has 0 bridgehead atoms. The molecule has 12 heteroatoms. The van der Waals surface area contributed by atoms with Gasteiger partial charge in [-0.3, -0.25) is 0 Å². The number of aliphatic hydroxyl groups excluding tert-OH is 2. The molecule has 4 saturated carbocycles. The number of nitrogens with one attached hydrogen (secondary N) is 1. The summed E-state index contributed by atoms with van der Waals surface area (Å²) < 4.78 is 41.1. The third-order valence-electron chi connectivity index (χ3n) is 20.3. The number of carbonyl (C=O) groups is 2. The Morgan fingerprint density at radius 3 is 2.24 bits per heavy atom. The number of allylic oxidation sites excluding steroid dienone is 3. The quantitative estimate of drug-likeness (QED) is 0.147. The normalized spacial score (nSPS) is 40.6. The largest absolute Gasteiger partial charge is 0.459 e. The second-order valence-corrected chi connectivity index (χ2v) is 26.1. The van der Waals surface area contributed by atoms with Gasteiger partial charge in [0.1, 0.15) is 12.7 Å². The van der Waals surface area contributed by atoms with Crippen LogP contribution in [-0.4, -0.2) is 103 Å². The number of carbonyl (C=O) groups excluding carboxylic acids is 2. The Labute approximate surface area is 405 Å². The van der Waals surface area contributed by atoms with Crippen LogP contribution in [0, 0.1) is 50.7 Å². The smallest absolute Gasteiger partial charge is 0.340 e. The van der Waals surface area contributed by atoms with Gasteiger partial charge in [0.15, 0.2) is 15.9 Å². The zero-order chi connectivity index (χ0) is 48.7. The maximum Gasteiger partial charge on any atom is 0.340 e. The molecule has 2 saturated heterocycles. The topological polar surface area (TPSA) is 152 Å². The molecule has 2 aliphatic heterocycles.